The normalized spacial score (nSPS) is 27.0. The van der Waals surface area contributed by atoms with Gasteiger partial charge < -0.3 is 0 Å². The maximum atomic E-state index is 4.13. The molecular weight excluding hydrogens is 194 g/mol. The zero-order chi connectivity index (χ0) is 11.5. The molecule has 0 bridgehead atoms. The molecule has 0 aromatic heterocycles. The second-order valence-electron chi connectivity index (χ2n) is 5.01. The number of hydrogen-bond donors (Lipinski definition) is 0. The van der Waals surface area contributed by atoms with Crippen LogP contribution in [0.15, 0.2) is 42.5 Å². The molecule has 1 fully saturated rings. The maximum absolute atomic E-state index is 4.13. The van der Waals surface area contributed by atoms with Crippen molar-refractivity contribution in [2.75, 3.05) is 0 Å². The summed E-state index contributed by atoms with van der Waals surface area (Å²) in [7, 11) is 0. The number of hydrogen-bond acceptors (Lipinski definition) is 1. The van der Waals surface area contributed by atoms with Gasteiger partial charge in [0.15, 0.2) is 0 Å². The van der Waals surface area contributed by atoms with Gasteiger partial charge >= 0.3 is 0 Å². The second kappa shape index (κ2) is 4.84. The molecule has 1 aromatic rings. The summed E-state index contributed by atoms with van der Waals surface area (Å²) in [5, 5.41) is 0. The van der Waals surface area contributed by atoms with E-state index in [0.29, 0.717) is 12.1 Å². The molecule has 0 aliphatic carbocycles. The third-order valence-corrected chi connectivity index (χ3v) is 3.51. The van der Waals surface area contributed by atoms with Crippen LogP contribution in [0, 0.1) is 0 Å². The molecule has 1 aliphatic heterocycles. The van der Waals surface area contributed by atoms with Crippen molar-refractivity contribution in [1.82, 2.24) is 4.90 Å². The summed E-state index contributed by atoms with van der Waals surface area (Å²) in [4.78, 5) is 2.59. The zero-order valence-corrected chi connectivity index (χ0v) is 10.3. The predicted octanol–water partition coefficient (Wildman–Crippen LogP) is 3.62. The number of piperidine rings is 1. The Morgan fingerprint density at radius 1 is 1.12 bits per heavy atom. The molecule has 0 radical (unpaired) electrons. The highest BCUT2D eigenvalue weighted by atomic mass is 15.2. The highest BCUT2D eigenvalue weighted by molar-refractivity contribution is 5.16. The van der Waals surface area contributed by atoms with Crippen LogP contribution < -0.4 is 0 Å². The van der Waals surface area contributed by atoms with Crippen LogP contribution in [0.25, 0.3) is 0 Å². The first-order chi connectivity index (χ1) is 7.66. The highest BCUT2D eigenvalue weighted by Crippen LogP contribution is 2.27. The molecule has 0 N–H and O–H groups in total. The van der Waals surface area contributed by atoms with Crippen LogP contribution >= 0.6 is 0 Å². The Labute approximate surface area is 98.8 Å². The first kappa shape index (κ1) is 11.4. The first-order valence-corrected chi connectivity index (χ1v) is 6.13. The first-order valence-electron chi connectivity index (χ1n) is 6.13. The number of likely N-dealkylation sites (tertiary alicyclic amines) is 1. The van der Waals surface area contributed by atoms with Crippen LogP contribution in [0.5, 0.6) is 0 Å². The molecule has 0 saturated carbocycles. The fourth-order valence-electron chi connectivity index (χ4n) is 2.69. The molecule has 2 rings (SSSR count). The monoisotopic (exact) mass is 215 g/mol. The summed E-state index contributed by atoms with van der Waals surface area (Å²) in [6.45, 7) is 9.81. The van der Waals surface area contributed by atoms with Crippen LogP contribution in [-0.4, -0.2) is 17.0 Å². The van der Waals surface area contributed by atoms with Crippen LogP contribution in [0.2, 0.25) is 0 Å². The lowest BCUT2D eigenvalue weighted by molar-refractivity contribution is 0.119. The topological polar surface area (TPSA) is 3.24 Å². The van der Waals surface area contributed by atoms with E-state index in [0.717, 1.165) is 19.4 Å². The van der Waals surface area contributed by atoms with Gasteiger partial charge in [-0.1, -0.05) is 42.5 Å². The van der Waals surface area contributed by atoms with E-state index in [1.807, 2.05) is 0 Å². The molecule has 1 aliphatic rings. The smallest absolute Gasteiger partial charge is 0.0239 e. The predicted molar refractivity (Wildman–Crippen MR) is 69.3 cm³/mol. The van der Waals surface area contributed by atoms with Crippen LogP contribution in [0.1, 0.15) is 32.3 Å². The molecule has 2 atom stereocenters. The lowest BCUT2D eigenvalue weighted by Gasteiger charge is -2.40. The quantitative estimate of drug-likeness (QED) is 0.681. The van der Waals surface area contributed by atoms with Crippen molar-refractivity contribution in [3.05, 3.63) is 48.0 Å². The van der Waals surface area contributed by atoms with Crippen molar-refractivity contribution < 1.29 is 0 Å². The minimum Gasteiger partial charge on any atom is -0.293 e. The summed E-state index contributed by atoms with van der Waals surface area (Å²) in [6, 6.07) is 12.0. The Balaban J connectivity index is 2.06. The van der Waals surface area contributed by atoms with E-state index < -0.39 is 0 Å². The van der Waals surface area contributed by atoms with Gasteiger partial charge in [0, 0.05) is 18.6 Å². The van der Waals surface area contributed by atoms with Crippen LogP contribution in [0.3, 0.4) is 0 Å². The van der Waals surface area contributed by atoms with Crippen molar-refractivity contribution >= 4 is 0 Å². The van der Waals surface area contributed by atoms with Crippen LogP contribution in [-0.2, 0) is 6.54 Å². The minimum atomic E-state index is 0.622. The fourth-order valence-corrected chi connectivity index (χ4v) is 2.69. The average Bonchev–Trinajstić information content (AvgIpc) is 2.25. The largest absolute Gasteiger partial charge is 0.293 e. The molecular formula is C15H21N. The van der Waals surface area contributed by atoms with Gasteiger partial charge in [0.1, 0.15) is 0 Å². The number of benzene rings is 1. The molecule has 0 spiro atoms. The van der Waals surface area contributed by atoms with Gasteiger partial charge in [-0.05, 0) is 32.3 Å². The summed E-state index contributed by atoms with van der Waals surface area (Å²) >= 11 is 0. The van der Waals surface area contributed by atoms with E-state index in [-0.39, 0.29) is 0 Å². The van der Waals surface area contributed by atoms with Gasteiger partial charge in [-0.25, -0.2) is 0 Å². The van der Waals surface area contributed by atoms with Gasteiger partial charge in [0.05, 0.1) is 0 Å². The van der Waals surface area contributed by atoms with Gasteiger partial charge in [-0.3, -0.25) is 4.90 Å². The van der Waals surface area contributed by atoms with Gasteiger partial charge in [0.25, 0.3) is 0 Å². The summed E-state index contributed by atoms with van der Waals surface area (Å²) < 4.78 is 0. The van der Waals surface area contributed by atoms with Crippen molar-refractivity contribution in [2.24, 2.45) is 0 Å². The molecule has 16 heavy (non-hydrogen) atoms. The molecule has 86 valence electrons. The SMILES string of the molecule is C=C1CC(C)N(Cc2ccccc2)C(C)C1. The van der Waals surface area contributed by atoms with E-state index in [9.17, 15) is 0 Å². The number of nitrogens with zero attached hydrogens (tertiary/aromatic N) is 1. The van der Waals surface area contributed by atoms with E-state index in [2.05, 4.69) is 55.7 Å². The van der Waals surface area contributed by atoms with Gasteiger partial charge in [-0.2, -0.15) is 0 Å². The van der Waals surface area contributed by atoms with E-state index in [1.165, 1.54) is 11.1 Å². The van der Waals surface area contributed by atoms with E-state index in [1.54, 1.807) is 0 Å². The van der Waals surface area contributed by atoms with Crippen LogP contribution in [0.4, 0.5) is 0 Å². The fraction of sp³-hybridized carbons (Fsp3) is 0.467. The Hall–Kier alpha value is -1.08. The summed E-state index contributed by atoms with van der Waals surface area (Å²) in [6.07, 6.45) is 2.30. The third kappa shape index (κ3) is 2.53. The molecule has 1 saturated heterocycles. The van der Waals surface area contributed by atoms with Crippen molar-refractivity contribution in [3.8, 4) is 0 Å². The Kier molecular flexibility index (Phi) is 3.45. The molecule has 1 heteroatoms. The molecule has 1 aromatic carbocycles. The average molecular weight is 215 g/mol. The minimum absolute atomic E-state index is 0.622. The lowest BCUT2D eigenvalue weighted by atomic mass is 9.93. The molecule has 1 heterocycles. The van der Waals surface area contributed by atoms with E-state index in [4.69, 9.17) is 0 Å². The van der Waals surface area contributed by atoms with Gasteiger partial charge in [0.2, 0.25) is 0 Å². The lowest BCUT2D eigenvalue weighted by Crippen LogP contribution is -2.43. The third-order valence-electron chi connectivity index (χ3n) is 3.51. The van der Waals surface area contributed by atoms with Crippen molar-refractivity contribution in [2.45, 2.75) is 45.3 Å². The molecule has 2 unspecified atom stereocenters. The molecule has 1 nitrogen and oxygen atoms in total. The Morgan fingerprint density at radius 2 is 1.69 bits per heavy atom. The molecule has 0 amide bonds. The number of rotatable bonds is 2. The van der Waals surface area contributed by atoms with E-state index >= 15 is 0 Å². The van der Waals surface area contributed by atoms with Crippen molar-refractivity contribution in [3.63, 3.8) is 0 Å². The Bertz CT molecular complexity index is 341. The zero-order valence-electron chi connectivity index (χ0n) is 10.3. The maximum Gasteiger partial charge on any atom is 0.0239 e. The second-order valence-corrected chi connectivity index (χ2v) is 5.01. The Morgan fingerprint density at radius 3 is 2.25 bits per heavy atom. The van der Waals surface area contributed by atoms with Crippen molar-refractivity contribution in [1.29, 1.82) is 0 Å². The summed E-state index contributed by atoms with van der Waals surface area (Å²) in [5.41, 5.74) is 2.82. The highest BCUT2D eigenvalue weighted by Gasteiger charge is 2.26. The standard InChI is InChI=1S/C15H21N/c1-12-9-13(2)16(14(3)10-12)11-15-7-5-4-6-8-15/h4-8,13-14H,1,9-11H2,2-3H3. The van der Waals surface area contributed by atoms with Gasteiger partial charge in [-0.15, -0.1) is 0 Å². The summed E-state index contributed by atoms with van der Waals surface area (Å²) in [5.74, 6) is 0.